The van der Waals surface area contributed by atoms with Crippen molar-refractivity contribution in [1.29, 1.82) is 0 Å². The second-order valence-electron chi connectivity index (χ2n) is 5.89. The van der Waals surface area contributed by atoms with Gasteiger partial charge in [0.25, 0.3) is 0 Å². The lowest BCUT2D eigenvalue weighted by Gasteiger charge is -2.29. The smallest absolute Gasteiger partial charge is 0.229 e. The Bertz CT molecular complexity index is 350. The van der Waals surface area contributed by atoms with Gasteiger partial charge in [-0.25, -0.2) is 0 Å². The van der Waals surface area contributed by atoms with Gasteiger partial charge >= 0.3 is 0 Å². The van der Waals surface area contributed by atoms with E-state index in [1.807, 2.05) is 13.8 Å². The van der Waals surface area contributed by atoms with E-state index in [9.17, 15) is 9.59 Å². The first-order valence-corrected chi connectivity index (χ1v) is 6.17. The van der Waals surface area contributed by atoms with Gasteiger partial charge in [-0.3, -0.25) is 9.59 Å². The van der Waals surface area contributed by atoms with Crippen molar-refractivity contribution in [2.24, 2.45) is 16.6 Å². The molecule has 2 heterocycles. The normalized spacial score (nSPS) is 37.4. The van der Waals surface area contributed by atoms with E-state index in [2.05, 4.69) is 5.32 Å². The molecule has 17 heavy (non-hydrogen) atoms. The van der Waals surface area contributed by atoms with E-state index in [1.54, 1.807) is 4.90 Å². The Labute approximate surface area is 102 Å². The summed E-state index contributed by atoms with van der Waals surface area (Å²) >= 11 is 0. The SMILES string of the molecule is CC1(C(N)=O)CCN(C(=O)C2(C)CCNC2)C1. The summed E-state index contributed by atoms with van der Waals surface area (Å²) in [5, 5.41) is 3.22. The Kier molecular flexibility index (Phi) is 2.89. The Morgan fingerprint density at radius 2 is 1.94 bits per heavy atom. The first-order chi connectivity index (χ1) is 7.87. The maximum Gasteiger partial charge on any atom is 0.229 e. The van der Waals surface area contributed by atoms with Crippen molar-refractivity contribution in [2.45, 2.75) is 26.7 Å². The number of hydrogen-bond donors (Lipinski definition) is 2. The molecule has 2 aliphatic heterocycles. The van der Waals surface area contributed by atoms with Crippen LogP contribution >= 0.6 is 0 Å². The summed E-state index contributed by atoms with van der Waals surface area (Å²) in [6.45, 7) is 6.58. The van der Waals surface area contributed by atoms with Crippen LogP contribution in [0.15, 0.2) is 0 Å². The summed E-state index contributed by atoms with van der Waals surface area (Å²) in [6.07, 6.45) is 1.55. The van der Waals surface area contributed by atoms with Crippen molar-refractivity contribution in [3.8, 4) is 0 Å². The number of rotatable bonds is 2. The zero-order valence-electron chi connectivity index (χ0n) is 10.6. The summed E-state index contributed by atoms with van der Waals surface area (Å²) in [5.41, 5.74) is 4.55. The quantitative estimate of drug-likeness (QED) is 0.695. The van der Waals surface area contributed by atoms with Crippen LogP contribution in [0.2, 0.25) is 0 Å². The molecule has 2 unspecified atom stereocenters. The molecule has 0 aromatic heterocycles. The molecule has 5 nitrogen and oxygen atoms in total. The minimum Gasteiger partial charge on any atom is -0.369 e. The lowest BCUT2D eigenvalue weighted by Crippen LogP contribution is -2.45. The van der Waals surface area contributed by atoms with Gasteiger partial charge in [-0.2, -0.15) is 0 Å². The highest BCUT2D eigenvalue weighted by Gasteiger charge is 2.46. The second-order valence-corrected chi connectivity index (χ2v) is 5.89. The van der Waals surface area contributed by atoms with Crippen LogP contribution in [0.3, 0.4) is 0 Å². The second kappa shape index (κ2) is 3.98. The zero-order valence-corrected chi connectivity index (χ0v) is 10.6. The van der Waals surface area contributed by atoms with Crippen molar-refractivity contribution in [3.63, 3.8) is 0 Å². The van der Waals surface area contributed by atoms with Crippen LogP contribution in [0.5, 0.6) is 0 Å². The molecular weight excluding hydrogens is 218 g/mol. The van der Waals surface area contributed by atoms with Crippen LogP contribution in [-0.4, -0.2) is 42.9 Å². The summed E-state index contributed by atoms with van der Waals surface area (Å²) in [6, 6.07) is 0. The molecule has 0 spiro atoms. The first kappa shape index (κ1) is 12.4. The minimum absolute atomic E-state index is 0.160. The average molecular weight is 239 g/mol. The van der Waals surface area contributed by atoms with E-state index in [0.717, 1.165) is 19.5 Å². The van der Waals surface area contributed by atoms with Crippen LogP contribution in [-0.2, 0) is 9.59 Å². The molecule has 0 bridgehead atoms. The number of carbonyl (C=O) groups excluding carboxylic acids is 2. The fourth-order valence-corrected chi connectivity index (χ4v) is 2.72. The minimum atomic E-state index is -0.544. The topological polar surface area (TPSA) is 75.4 Å². The van der Waals surface area contributed by atoms with E-state index in [0.29, 0.717) is 19.5 Å². The molecule has 3 N–H and O–H groups in total. The molecule has 0 radical (unpaired) electrons. The third kappa shape index (κ3) is 2.04. The number of nitrogens with zero attached hydrogens (tertiary/aromatic N) is 1. The summed E-state index contributed by atoms with van der Waals surface area (Å²) in [5.74, 6) is -0.144. The van der Waals surface area contributed by atoms with Crippen molar-refractivity contribution < 1.29 is 9.59 Å². The van der Waals surface area contributed by atoms with E-state index in [1.165, 1.54) is 0 Å². The van der Waals surface area contributed by atoms with Gasteiger partial charge in [-0.05, 0) is 33.2 Å². The van der Waals surface area contributed by atoms with Crippen molar-refractivity contribution >= 4 is 11.8 Å². The zero-order chi connectivity index (χ0) is 12.7. The number of carbonyl (C=O) groups is 2. The molecule has 96 valence electrons. The molecule has 5 heteroatoms. The van der Waals surface area contributed by atoms with Crippen LogP contribution in [0.1, 0.15) is 26.7 Å². The molecular formula is C12H21N3O2. The number of nitrogens with two attached hydrogens (primary N) is 1. The molecule has 2 aliphatic rings. The molecule has 0 aliphatic carbocycles. The van der Waals surface area contributed by atoms with Crippen LogP contribution in [0.4, 0.5) is 0 Å². The van der Waals surface area contributed by atoms with Gasteiger partial charge in [0.05, 0.1) is 10.8 Å². The van der Waals surface area contributed by atoms with Crippen LogP contribution in [0, 0.1) is 10.8 Å². The Balaban J connectivity index is 2.06. The number of amides is 2. The van der Waals surface area contributed by atoms with E-state index < -0.39 is 5.41 Å². The molecule has 0 saturated carbocycles. The predicted octanol–water partition coefficient (Wildman–Crippen LogP) is -0.290. The Morgan fingerprint density at radius 3 is 2.41 bits per heavy atom. The van der Waals surface area contributed by atoms with Gasteiger partial charge in [-0.1, -0.05) is 0 Å². The van der Waals surface area contributed by atoms with Gasteiger partial charge in [0.15, 0.2) is 0 Å². The fourth-order valence-electron chi connectivity index (χ4n) is 2.72. The summed E-state index contributed by atoms with van der Waals surface area (Å²) in [4.78, 5) is 25.6. The van der Waals surface area contributed by atoms with Crippen molar-refractivity contribution in [2.75, 3.05) is 26.2 Å². The lowest BCUT2D eigenvalue weighted by molar-refractivity contribution is -0.139. The summed E-state index contributed by atoms with van der Waals surface area (Å²) in [7, 11) is 0. The molecule has 2 amide bonds. The van der Waals surface area contributed by atoms with E-state index >= 15 is 0 Å². The molecule has 2 rings (SSSR count). The first-order valence-electron chi connectivity index (χ1n) is 6.17. The predicted molar refractivity (Wildman–Crippen MR) is 64.1 cm³/mol. The van der Waals surface area contributed by atoms with Crippen LogP contribution < -0.4 is 11.1 Å². The highest BCUT2D eigenvalue weighted by molar-refractivity contribution is 5.86. The highest BCUT2D eigenvalue weighted by Crippen LogP contribution is 2.34. The van der Waals surface area contributed by atoms with Gasteiger partial charge in [-0.15, -0.1) is 0 Å². The van der Waals surface area contributed by atoms with E-state index in [4.69, 9.17) is 5.73 Å². The third-order valence-electron chi connectivity index (χ3n) is 4.24. The third-order valence-corrected chi connectivity index (χ3v) is 4.24. The van der Waals surface area contributed by atoms with Gasteiger partial charge in [0.2, 0.25) is 11.8 Å². The molecule has 2 fully saturated rings. The number of primary amides is 1. The number of nitrogens with one attached hydrogen (secondary N) is 1. The standard InChI is InChI=1S/C12H21N3O2/c1-11(3-5-14-7-11)10(17)15-6-4-12(2,8-15)9(13)16/h14H,3-8H2,1-2H3,(H2,13,16). The van der Waals surface area contributed by atoms with Gasteiger partial charge in [0.1, 0.15) is 0 Å². The highest BCUT2D eigenvalue weighted by atomic mass is 16.2. The molecule has 0 aromatic rings. The summed E-state index contributed by atoms with van der Waals surface area (Å²) < 4.78 is 0. The average Bonchev–Trinajstić information content (AvgIpc) is 2.86. The van der Waals surface area contributed by atoms with Crippen LogP contribution in [0.25, 0.3) is 0 Å². The fraction of sp³-hybridized carbons (Fsp3) is 0.833. The van der Waals surface area contributed by atoms with Gasteiger partial charge in [0, 0.05) is 19.6 Å². The Morgan fingerprint density at radius 1 is 1.24 bits per heavy atom. The lowest BCUT2D eigenvalue weighted by atomic mass is 9.87. The van der Waals surface area contributed by atoms with Crippen molar-refractivity contribution in [3.05, 3.63) is 0 Å². The monoisotopic (exact) mass is 239 g/mol. The molecule has 2 saturated heterocycles. The van der Waals surface area contributed by atoms with E-state index in [-0.39, 0.29) is 17.2 Å². The number of likely N-dealkylation sites (tertiary alicyclic amines) is 1. The molecule has 2 atom stereocenters. The maximum atomic E-state index is 12.4. The largest absolute Gasteiger partial charge is 0.369 e. The Hall–Kier alpha value is -1.10. The maximum absolute atomic E-state index is 12.4. The number of hydrogen-bond acceptors (Lipinski definition) is 3. The van der Waals surface area contributed by atoms with Crippen molar-refractivity contribution in [1.82, 2.24) is 10.2 Å². The van der Waals surface area contributed by atoms with Gasteiger partial charge < -0.3 is 16.0 Å². The molecule has 0 aromatic carbocycles.